The fraction of sp³-hybridized carbons (Fsp3) is 0.310. The number of carboxylic acid groups (broad SMARTS) is 1. The number of aromatic carboxylic acids is 1. The van der Waals surface area contributed by atoms with Gasteiger partial charge in [0.25, 0.3) is 0 Å². The van der Waals surface area contributed by atoms with Crippen molar-refractivity contribution in [3.63, 3.8) is 0 Å². The molecule has 9 heteroatoms. The number of nitrogens with zero attached hydrogens (tertiary/aromatic N) is 2. The molecule has 0 saturated carbocycles. The molecule has 2 heterocycles. The van der Waals surface area contributed by atoms with Crippen molar-refractivity contribution in [2.45, 2.75) is 32.7 Å². The van der Waals surface area contributed by atoms with E-state index >= 15 is 4.39 Å². The average Bonchev–Trinajstić information content (AvgIpc) is 2.89. The van der Waals surface area contributed by atoms with Crippen LogP contribution >= 0.6 is 0 Å². The van der Waals surface area contributed by atoms with Gasteiger partial charge < -0.3 is 30.4 Å². The molecule has 1 aliphatic rings. The molecule has 1 atom stereocenters. The molecule has 0 unspecified atom stereocenters. The minimum absolute atomic E-state index is 0.0610. The maximum absolute atomic E-state index is 15.6. The van der Waals surface area contributed by atoms with E-state index in [0.717, 1.165) is 11.3 Å². The molecule has 0 radical (unpaired) electrons. The molecule has 1 aromatic heterocycles. The minimum atomic E-state index is -1.39. The number of halogens is 1. The summed E-state index contributed by atoms with van der Waals surface area (Å²) in [5.74, 6) is -1.77. The van der Waals surface area contributed by atoms with Crippen LogP contribution in [0.5, 0.6) is 5.75 Å². The number of rotatable bonds is 11. The third-order valence-electron chi connectivity index (χ3n) is 6.75. The SMILES string of the molecule is C=Cc1ccccc1N(C=C)CCCNc1c(F)c(N)c2c(=O)c(C(=O)O)cn3c2c1OC[C@@H]3CC(C)C. The first-order valence-corrected chi connectivity index (χ1v) is 12.6. The molecule has 0 saturated heterocycles. The first kappa shape index (κ1) is 26.8. The van der Waals surface area contributed by atoms with Gasteiger partial charge in [-0.2, -0.15) is 0 Å². The summed E-state index contributed by atoms with van der Waals surface area (Å²) in [5, 5.41) is 12.6. The van der Waals surface area contributed by atoms with Gasteiger partial charge in [0.2, 0.25) is 5.43 Å². The molecule has 0 spiro atoms. The maximum Gasteiger partial charge on any atom is 0.341 e. The number of pyridine rings is 1. The number of ether oxygens (including phenoxy) is 1. The van der Waals surface area contributed by atoms with Crippen molar-refractivity contribution in [3.05, 3.63) is 77.0 Å². The lowest BCUT2D eigenvalue weighted by atomic mass is 9.99. The second-order valence-corrected chi connectivity index (χ2v) is 9.75. The van der Waals surface area contributed by atoms with Crippen molar-refractivity contribution in [2.75, 3.05) is 35.6 Å². The van der Waals surface area contributed by atoms with Crippen LogP contribution in [-0.4, -0.2) is 35.3 Å². The van der Waals surface area contributed by atoms with Crippen molar-refractivity contribution < 1.29 is 19.0 Å². The largest absolute Gasteiger partial charge is 0.487 e. The zero-order valence-electron chi connectivity index (χ0n) is 21.7. The Hall–Kier alpha value is -4.27. The van der Waals surface area contributed by atoms with Crippen LogP contribution < -0.4 is 26.1 Å². The van der Waals surface area contributed by atoms with Crippen molar-refractivity contribution in [1.29, 1.82) is 0 Å². The molecule has 1 aliphatic heterocycles. The Morgan fingerprint density at radius 3 is 2.76 bits per heavy atom. The molecule has 200 valence electrons. The van der Waals surface area contributed by atoms with E-state index in [9.17, 15) is 14.7 Å². The van der Waals surface area contributed by atoms with Gasteiger partial charge in [0.15, 0.2) is 11.6 Å². The Bertz CT molecular complexity index is 1460. The minimum Gasteiger partial charge on any atom is -0.487 e. The predicted molar refractivity (Wildman–Crippen MR) is 151 cm³/mol. The topological polar surface area (TPSA) is 110 Å². The quantitative estimate of drug-likeness (QED) is 0.226. The number of para-hydroxylation sites is 1. The summed E-state index contributed by atoms with van der Waals surface area (Å²) < 4.78 is 23.3. The van der Waals surface area contributed by atoms with Gasteiger partial charge in [0.1, 0.15) is 17.9 Å². The van der Waals surface area contributed by atoms with Gasteiger partial charge in [0.05, 0.1) is 22.6 Å². The van der Waals surface area contributed by atoms with E-state index in [1.807, 2.05) is 43.0 Å². The van der Waals surface area contributed by atoms with Crippen molar-refractivity contribution in [1.82, 2.24) is 4.57 Å². The number of anilines is 3. The van der Waals surface area contributed by atoms with E-state index in [2.05, 4.69) is 18.5 Å². The lowest BCUT2D eigenvalue weighted by Crippen LogP contribution is -2.30. The molecule has 0 aliphatic carbocycles. The summed E-state index contributed by atoms with van der Waals surface area (Å²) in [6, 6.07) is 7.59. The third-order valence-corrected chi connectivity index (χ3v) is 6.75. The molecule has 4 rings (SSSR count). The molecule has 0 fully saturated rings. The summed E-state index contributed by atoms with van der Waals surface area (Å²) in [6.07, 6.45) is 6.14. The second kappa shape index (κ2) is 11.0. The van der Waals surface area contributed by atoms with Crippen LogP contribution in [0.1, 0.15) is 48.7 Å². The van der Waals surface area contributed by atoms with Crippen LogP contribution in [0, 0.1) is 11.7 Å². The van der Waals surface area contributed by atoms with E-state index in [1.54, 1.807) is 16.8 Å². The Morgan fingerprint density at radius 1 is 1.37 bits per heavy atom. The Morgan fingerprint density at radius 2 is 2.11 bits per heavy atom. The molecule has 4 N–H and O–H groups in total. The van der Waals surface area contributed by atoms with Crippen LogP contribution in [0.4, 0.5) is 21.5 Å². The highest BCUT2D eigenvalue weighted by Gasteiger charge is 2.32. The van der Waals surface area contributed by atoms with Crippen molar-refractivity contribution in [2.24, 2.45) is 5.92 Å². The lowest BCUT2D eigenvalue weighted by Gasteiger charge is -2.32. The molecule has 3 aromatic rings. The van der Waals surface area contributed by atoms with Crippen LogP contribution in [0.25, 0.3) is 17.0 Å². The molecule has 0 amide bonds. The summed E-state index contributed by atoms with van der Waals surface area (Å²) in [5.41, 5.74) is 6.76. The maximum atomic E-state index is 15.6. The molecule has 8 nitrogen and oxygen atoms in total. The second-order valence-electron chi connectivity index (χ2n) is 9.75. The number of carbonyl (C=O) groups is 1. The zero-order chi connectivity index (χ0) is 27.6. The number of nitrogens with one attached hydrogen (secondary N) is 1. The Balaban J connectivity index is 1.68. The first-order valence-electron chi connectivity index (χ1n) is 12.6. The summed E-state index contributed by atoms with van der Waals surface area (Å²) in [7, 11) is 0. The fourth-order valence-corrected chi connectivity index (χ4v) is 5.00. The van der Waals surface area contributed by atoms with E-state index < -0.39 is 28.5 Å². The Labute approximate surface area is 220 Å². The average molecular weight is 521 g/mol. The zero-order valence-corrected chi connectivity index (χ0v) is 21.7. The highest BCUT2D eigenvalue weighted by atomic mass is 19.1. The van der Waals surface area contributed by atoms with Crippen LogP contribution in [0.15, 0.2) is 54.6 Å². The number of hydrogen-bond acceptors (Lipinski definition) is 6. The highest BCUT2D eigenvalue weighted by molar-refractivity contribution is 6.03. The van der Waals surface area contributed by atoms with Gasteiger partial charge in [-0.1, -0.05) is 51.3 Å². The summed E-state index contributed by atoms with van der Waals surface area (Å²) >= 11 is 0. The number of benzene rings is 2. The predicted octanol–water partition coefficient (Wildman–Crippen LogP) is 5.50. The smallest absolute Gasteiger partial charge is 0.341 e. The van der Waals surface area contributed by atoms with Gasteiger partial charge >= 0.3 is 5.97 Å². The Kier molecular flexibility index (Phi) is 7.75. The van der Waals surface area contributed by atoms with E-state index in [4.69, 9.17) is 10.5 Å². The van der Waals surface area contributed by atoms with Gasteiger partial charge in [-0.05, 0) is 36.6 Å². The first-order chi connectivity index (χ1) is 18.2. The van der Waals surface area contributed by atoms with Crippen molar-refractivity contribution in [3.8, 4) is 5.75 Å². The van der Waals surface area contributed by atoms with E-state index in [-0.39, 0.29) is 35.4 Å². The molecular weight excluding hydrogens is 487 g/mol. The van der Waals surface area contributed by atoms with Gasteiger partial charge in [-0.25, -0.2) is 9.18 Å². The fourth-order valence-electron chi connectivity index (χ4n) is 5.00. The van der Waals surface area contributed by atoms with Crippen LogP contribution in [0.2, 0.25) is 0 Å². The van der Waals surface area contributed by atoms with Crippen molar-refractivity contribution >= 4 is 40.0 Å². The number of carboxylic acids is 1. The normalized spacial score (nSPS) is 14.3. The molecule has 0 bridgehead atoms. The van der Waals surface area contributed by atoms with Gasteiger partial charge in [-0.3, -0.25) is 4.79 Å². The summed E-state index contributed by atoms with van der Waals surface area (Å²) in [4.78, 5) is 26.9. The van der Waals surface area contributed by atoms with Crippen LogP contribution in [-0.2, 0) is 0 Å². The highest BCUT2D eigenvalue weighted by Crippen LogP contribution is 2.44. The third kappa shape index (κ3) is 4.83. The van der Waals surface area contributed by atoms with E-state index in [0.29, 0.717) is 31.4 Å². The van der Waals surface area contributed by atoms with Gasteiger partial charge in [0, 0.05) is 25.0 Å². The standard InChI is InChI=1S/C29H33FN4O4/c1-5-18-10-7-8-11-21(18)33(6-2)13-9-12-32-25-23(30)24(31)22-26-28(25)38-16-19(14-17(3)4)34(26)15-20(27(22)35)29(36)37/h5-8,10-11,15,17,19,32H,1-2,9,12-14,16,31H2,3-4H3,(H,36,37)/t19-/m0/s1. The number of aromatic nitrogens is 1. The van der Waals surface area contributed by atoms with Gasteiger partial charge in [-0.15, -0.1) is 0 Å². The molecular formula is C29H33FN4O4. The van der Waals surface area contributed by atoms with Crippen LogP contribution in [0.3, 0.4) is 0 Å². The number of hydrogen-bond donors (Lipinski definition) is 3. The molecule has 38 heavy (non-hydrogen) atoms. The van der Waals surface area contributed by atoms with E-state index in [1.165, 1.54) is 6.20 Å². The monoisotopic (exact) mass is 520 g/mol. The summed E-state index contributed by atoms with van der Waals surface area (Å²) in [6.45, 7) is 13.0. The number of nitrogens with two attached hydrogens (primary N) is 1. The lowest BCUT2D eigenvalue weighted by molar-refractivity contribution is 0.0694. The molecule has 2 aromatic carbocycles. The number of nitrogen functional groups attached to an aromatic ring is 1.